The molecular formula is C14H9N3O2S. The van der Waals surface area contributed by atoms with E-state index in [0.29, 0.717) is 22.0 Å². The van der Waals surface area contributed by atoms with Gasteiger partial charge in [-0.15, -0.1) is 11.3 Å². The van der Waals surface area contributed by atoms with E-state index in [-0.39, 0.29) is 12.2 Å². The second kappa shape index (κ2) is 5.15. The summed E-state index contributed by atoms with van der Waals surface area (Å²) in [5.74, 6) is 0.489. The molecule has 1 aromatic carbocycles. The first-order valence-electron chi connectivity index (χ1n) is 5.85. The standard InChI is InChI=1S/C14H9N3O2S/c15-8-10-3-1-2-4-12(10)19-9-11-7-13(18)17-5-6-20-14(17)16-11/h1-7H,9H2. The largest absolute Gasteiger partial charge is 0.486 e. The van der Waals surface area contributed by atoms with E-state index in [9.17, 15) is 4.79 Å². The van der Waals surface area contributed by atoms with Crippen LogP contribution in [0.1, 0.15) is 11.3 Å². The predicted octanol–water partition coefficient (Wildman–Crippen LogP) is 2.21. The topological polar surface area (TPSA) is 67.4 Å². The lowest BCUT2D eigenvalue weighted by molar-refractivity contribution is 0.300. The lowest BCUT2D eigenvalue weighted by Gasteiger charge is -2.06. The summed E-state index contributed by atoms with van der Waals surface area (Å²) in [6, 6.07) is 10.5. The van der Waals surface area contributed by atoms with Crippen LogP contribution in [0.2, 0.25) is 0 Å². The third kappa shape index (κ3) is 2.27. The number of thiazole rings is 1. The zero-order valence-electron chi connectivity index (χ0n) is 10.3. The van der Waals surface area contributed by atoms with E-state index < -0.39 is 0 Å². The monoisotopic (exact) mass is 283 g/mol. The molecule has 2 heterocycles. The van der Waals surface area contributed by atoms with E-state index in [0.717, 1.165) is 0 Å². The number of hydrogen-bond donors (Lipinski definition) is 0. The van der Waals surface area contributed by atoms with Crippen molar-refractivity contribution in [1.29, 1.82) is 5.26 Å². The van der Waals surface area contributed by atoms with Crippen molar-refractivity contribution in [3.05, 3.63) is 63.5 Å². The summed E-state index contributed by atoms with van der Waals surface area (Å²) >= 11 is 1.39. The molecule has 0 aliphatic carbocycles. The summed E-state index contributed by atoms with van der Waals surface area (Å²) < 4.78 is 7.05. The van der Waals surface area contributed by atoms with Crippen molar-refractivity contribution >= 4 is 16.3 Å². The Labute approximate surface area is 118 Å². The highest BCUT2D eigenvalue weighted by atomic mass is 32.1. The van der Waals surface area contributed by atoms with Gasteiger partial charge >= 0.3 is 0 Å². The van der Waals surface area contributed by atoms with Crippen LogP contribution in [0.4, 0.5) is 0 Å². The molecule has 0 atom stereocenters. The van der Waals surface area contributed by atoms with Gasteiger partial charge in [-0.1, -0.05) is 12.1 Å². The zero-order valence-corrected chi connectivity index (χ0v) is 11.1. The van der Waals surface area contributed by atoms with Gasteiger partial charge in [0.2, 0.25) is 0 Å². The van der Waals surface area contributed by atoms with Gasteiger partial charge in [-0.2, -0.15) is 5.26 Å². The first-order chi connectivity index (χ1) is 9.78. The van der Waals surface area contributed by atoms with E-state index in [2.05, 4.69) is 11.1 Å². The van der Waals surface area contributed by atoms with Crippen molar-refractivity contribution in [3.63, 3.8) is 0 Å². The fourth-order valence-corrected chi connectivity index (χ4v) is 2.54. The number of hydrogen-bond acceptors (Lipinski definition) is 5. The Hall–Kier alpha value is -2.65. The Kier molecular flexibility index (Phi) is 3.19. The van der Waals surface area contributed by atoms with Crippen molar-refractivity contribution < 1.29 is 4.74 Å². The van der Waals surface area contributed by atoms with Crippen molar-refractivity contribution in [2.75, 3.05) is 0 Å². The molecule has 0 fully saturated rings. The Morgan fingerprint density at radius 1 is 1.40 bits per heavy atom. The molecule has 0 aliphatic heterocycles. The maximum atomic E-state index is 11.8. The molecule has 0 bridgehead atoms. The predicted molar refractivity (Wildman–Crippen MR) is 74.8 cm³/mol. The van der Waals surface area contributed by atoms with Crippen LogP contribution in [0, 0.1) is 11.3 Å². The third-order valence-corrected chi connectivity index (χ3v) is 3.50. The van der Waals surface area contributed by atoms with Crippen LogP contribution < -0.4 is 10.3 Å². The van der Waals surface area contributed by atoms with Crippen molar-refractivity contribution in [2.24, 2.45) is 0 Å². The number of para-hydroxylation sites is 1. The number of fused-ring (bicyclic) bond motifs is 1. The molecule has 0 N–H and O–H groups in total. The number of aromatic nitrogens is 2. The molecule has 0 spiro atoms. The molecule has 20 heavy (non-hydrogen) atoms. The number of rotatable bonds is 3. The van der Waals surface area contributed by atoms with Gasteiger partial charge in [0.05, 0.1) is 11.3 Å². The van der Waals surface area contributed by atoms with Crippen LogP contribution in [0.15, 0.2) is 46.7 Å². The fourth-order valence-electron chi connectivity index (χ4n) is 1.80. The van der Waals surface area contributed by atoms with Gasteiger partial charge in [-0.25, -0.2) is 4.98 Å². The minimum absolute atomic E-state index is 0.136. The maximum Gasteiger partial charge on any atom is 0.258 e. The Morgan fingerprint density at radius 2 is 2.25 bits per heavy atom. The number of nitrogens with zero attached hydrogens (tertiary/aromatic N) is 3. The summed E-state index contributed by atoms with van der Waals surface area (Å²) in [6.07, 6.45) is 1.69. The lowest BCUT2D eigenvalue weighted by atomic mass is 10.2. The molecule has 3 rings (SSSR count). The smallest absolute Gasteiger partial charge is 0.258 e. The second-order valence-corrected chi connectivity index (χ2v) is 4.91. The number of nitriles is 1. The molecule has 0 saturated heterocycles. The van der Waals surface area contributed by atoms with Gasteiger partial charge in [0.1, 0.15) is 18.4 Å². The molecule has 2 aromatic heterocycles. The van der Waals surface area contributed by atoms with Crippen molar-refractivity contribution in [2.45, 2.75) is 6.61 Å². The normalized spacial score (nSPS) is 10.3. The first-order valence-corrected chi connectivity index (χ1v) is 6.73. The second-order valence-electron chi connectivity index (χ2n) is 4.04. The minimum Gasteiger partial charge on any atom is -0.486 e. The molecule has 0 unspecified atom stereocenters. The first kappa shape index (κ1) is 12.4. The highest BCUT2D eigenvalue weighted by Gasteiger charge is 2.06. The number of benzene rings is 1. The SMILES string of the molecule is N#Cc1ccccc1OCc1cc(=O)n2ccsc2n1. The highest BCUT2D eigenvalue weighted by Crippen LogP contribution is 2.17. The van der Waals surface area contributed by atoms with Crippen LogP contribution in [0.5, 0.6) is 5.75 Å². The Bertz CT molecular complexity index is 860. The zero-order chi connectivity index (χ0) is 13.9. The van der Waals surface area contributed by atoms with Gasteiger partial charge in [-0.3, -0.25) is 9.20 Å². The van der Waals surface area contributed by atoms with Crippen molar-refractivity contribution in [1.82, 2.24) is 9.38 Å². The van der Waals surface area contributed by atoms with Crippen molar-refractivity contribution in [3.8, 4) is 11.8 Å². The van der Waals surface area contributed by atoms with Gasteiger partial charge in [-0.05, 0) is 12.1 Å². The van der Waals surface area contributed by atoms with E-state index in [1.807, 2.05) is 0 Å². The Morgan fingerprint density at radius 3 is 3.10 bits per heavy atom. The summed E-state index contributed by atoms with van der Waals surface area (Å²) in [4.78, 5) is 16.8. The molecule has 0 radical (unpaired) electrons. The lowest BCUT2D eigenvalue weighted by Crippen LogP contribution is -2.14. The Balaban J connectivity index is 1.87. The fraction of sp³-hybridized carbons (Fsp3) is 0.0714. The minimum atomic E-state index is -0.136. The van der Waals surface area contributed by atoms with Crippen LogP contribution in [-0.2, 0) is 6.61 Å². The molecular weight excluding hydrogens is 274 g/mol. The molecule has 5 nitrogen and oxygen atoms in total. The van der Waals surface area contributed by atoms with Gasteiger partial charge < -0.3 is 4.74 Å². The van der Waals surface area contributed by atoms with Gasteiger partial charge in [0.15, 0.2) is 4.96 Å². The third-order valence-electron chi connectivity index (χ3n) is 2.74. The highest BCUT2D eigenvalue weighted by molar-refractivity contribution is 7.15. The number of ether oxygens (including phenoxy) is 1. The quantitative estimate of drug-likeness (QED) is 0.739. The van der Waals surface area contributed by atoms with Gasteiger partial charge in [0.25, 0.3) is 5.56 Å². The van der Waals surface area contributed by atoms with Crippen LogP contribution in [0.3, 0.4) is 0 Å². The summed E-state index contributed by atoms with van der Waals surface area (Å²) in [7, 11) is 0. The molecule has 0 aliphatic rings. The average molecular weight is 283 g/mol. The molecule has 3 aromatic rings. The molecule has 0 amide bonds. The van der Waals surface area contributed by atoms with Crippen LogP contribution >= 0.6 is 11.3 Å². The molecule has 6 heteroatoms. The van der Waals surface area contributed by atoms with E-state index >= 15 is 0 Å². The summed E-state index contributed by atoms with van der Waals surface area (Å²) in [5, 5.41) is 10.8. The van der Waals surface area contributed by atoms with E-state index in [1.165, 1.54) is 21.8 Å². The van der Waals surface area contributed by atoms with E-state index in [1.54, 1.807) is 35.8 Å². The van der Waals surface area contributed by atoms with E-state index in [4.69, 9.17) is 10.00 Å². The van der Waals surface area contributed by atoms with Gasteiger partial charge in [0, 0.05) is 17.6 Å². The van der Waals surface area contributed by atoms with Crippen LogP contribution in [0.25, 0.3) is 4.96 Å². The summed E-state index contributed by atoms with van der Waals surface area (Å²) in [5.41, 5.74) is 0.870. The van der Waals surface area contributed by atoms with Crippen LogP contribution in [-0.4, -0.2) is 9.38 Å². The molecule has 0 saturated carbocycles. The maximum absolute atomic E-state index is 11.8. The summed E-state index contributed by atoms with van der Waals surface area (Å²) in [6.45, 7) is 0.155. The molecule has 98 valence electrons. The average Bonchev–Trinajstić information content (AvgIpc) is 2.94.